The number of nitrogens with one attached hydrogen (secondary N) is 1. The van der Waals surface area contributed by atoms with Crippen molar-refractivity contribution in [3.8, 4) is 11.5 Å². The summed E-state index contributed by atoms with van der Waals surface area (Å²) in [6.07, 6.45) is -2.25. The third-order valence-corrected chi connectivity index (χ3v) is 4.69. The van der Waals surface area contributed by atoms with Gasteiger partial charge in [-0.1, -0.05) is 12.5 Å². The third kappa shape index (κ3) is 3.91. The smallest absolute Gasteiger partial charge is 0.391 e. The van der Waals surface area contributed by atoms with Crippen molar-refractivity contribution in [2.75, 3.05) is 13.2 Å². The van der Waals surface area contributed by atoms with Crippen molar-refractivity contribution in [1.82, 2.24) is 5.32 Å². The summed E-state index contributed by atoms with van der Waals surface area (Å²) in [6, 6.07) is 5.59. The molecule has 0 radical (unpaired) electrons. The van der Waals surface area contributed by atoms with E-state index in [1.807, 2.05) is 25.1 Å². The Labute approximate surface area is 134 Å². The van der Waals surface area contributed by atoms with Crippen LogP contribution in [0.3, 0.4) is 0 Å². The molecule has 128 valence electrons. The van der Waals surface area contributed by atoms with Gasteiger partial charge in [0.05, 0.1) is 5.92 Å². The van der Waals surface area contributed by atoms with Crippen LogP contribution in [-0.4, -0.2) is 25.4 Å². The molecule has 1 heterocycles. The summed E-state index contributed by atoms with van der Waals surface area (Å²) in [6.45, 7) is 3.04. The van der Waals surface area contributed by atoms with Crippen LogP contribution < -0.4 is 14.8 Å². The van der Waals surface area contributed by atoms with Crippen LogP contribution in [0.2, 0.25) is 0 Å². The van der Waals surface area contributed by atoms with Gasteiger partial charge in [-0.15, -0.1) is 0 Å². The van der Waals surface area contributed by atoms with Crippen molar-refractivity contribution in [3.63, 3.8) is 0 Å². The summed E-state index contributed by atoms with van der Waals surface area (Å²) >= 11 is 0. The van der Waals surface area contributed by atoms with Crippen molar-refractivity contribution in [1.29, 1.82) is 0 Å². The van der Waals surface area contributed by atoms with Gasteiger partial charge in [0.1, 0.15) is 13.2 Å². The second kappa shape index (κ2) is 6.59. The number of hydrogen-bond donors (Lipinski definition) is 1. The van der Waals surface area contributed by atoms with E-state index in [0.717, 1.165) is 17.7 Å². The normalized spacial score (nSPS) is 25.9. The molecule has 1 aliphatic heterocycles. The number of fused-ring (bicyclic) bond motifs is 1. The first kappa shape index (κ1) is 16.4. The monoisotopic (exact) mass is 329 g/mol. The lowest BCUT2D eigenvalue weighted by Crippen LogP contribution is -2.39. The van der Waals surface area contributed by atoms with Crippen molar-refractivity contribution in [3.05, 3.63) is 23.8 Å². The number of alkyl halides is 3. The van der Waals surface area contributed by atoms with Gasteiger partial charge in [-0.3, -0.25) is 0 Å². The molecule has 2 aliphatic rings. The summed E-state index contributed by atoms with van der Waals surface area (Å²) in [5, 5.41) is 3.35. The van der Waals surface area contributed by atoms with Gasteiger partial charge in [0.15, 0.2) is 11.5 Å². The zero-order chi connectivity index (χ0) is 16.4. The molecule has 1 aliphatic carbocycles. The van der Waals surface area contributed by atoms with E-state index in [2.05, 4.69) is 5.32 Å². The van der Waals surface area contributed by atoms with Gasteiger partial charge < -0.3 is 14.8 Å². The molecular weight excluding hydrogens is 307 g/mol. The van der Waals surface area contributed by atoms with Crippen LogP contribution in [0.1, 0.15) is 44.2 Å². The van der Waals surface area contributed by atoms with Crippen LogP contribution in [0, 0.1) is 5.92 Å². The van der Waals surface area contributed by atoms with Crippen molar-refractivity contribution >= 4 is 0 Å². The lowest BCUT2D eigenvalue weighted by molar-refractivity contribution is -0.183. The summed E-state index contributed by atoms with van der Waals surface area (Å²) < 4.78 is 49.8. The number of halogens is 3. The molecule has 3 unspecified atom stereocenters. The molecule has 3 rings (SSSR count). The Kier molecular flexibility index (Phi) is 4.71. The summed E-state index contributed by atoms with van der Waals surface area (Å²) in [7, 11) is 0. The van der Waals surface area contributed by atoms with Gasteiger partial charge >= 0.3 is 6.18 Å². The van der Waals surface area contributed by atoms with Gasteiger partial charge in [0, 0.05) is 12.1 Å². The van der Waals surface area contributed by atoms with Crippen LogP contribution in [0.4, 0.5) is 13.2 Å². The van der Waals surface area contributed by atoms with Gasteiger partial charge in [-0.05, 0) is 43.9 Å². The molecule has 1 aromatic carbocycles. The summed E-state index contributed by atoms with van der Waals surface area (Å²) in [5.74, 6) is 0.252. The molecule has 1 N–H and O–H groups in total. The number of benzene rings is 1. The van der Waals surface area contributed by atoms with Gasteiger partial charge in [0.25, 0.3) is 0 Å². The molecule has 0 saturated heterocycles. The predicted octanol–water partition coefficient (Wildman–Crippen LogP) is 4.23. The molecule has 23 heavy (non-hydrogen) atoms. The first-order valence-electron chi connectivity index (χ1n) is 8.16. The molecule has 3 nitrogen and oxygen atoms in total. The van der Waals surface area contributed by atoms with Gasteiger partial charge in [0.2, 0.25) is 0 Å². The Morgan fingerprint density at radius 1 is 1.13 bits per heavy atom. The molecule has 1 saturated carbocycles. The maximum atomic E-state index is 12.9. The largest absolute Gasteiger partial charge is 0.486 e. The minimum Gasteiger partial charge on any atom is -0.486 e. The number of hydrogen-bond acceptors (Lipinski definition) is 3. The minimum atomic E-state index is -4.08. The molecule has 1 aromatic rings. The average molecular weight is 329 g/mol. The van der Waals surface area contributed by atoms with Crippen LogP contribution in [0.25, 0.3) is 0 Å². The highest BCUT2D eigenvalue weighted by molar-refractivity contribution is 5.44. The molecular formula is C17H22F3NO2. The Bertz CT molecular complexity index is 547. The SMILES string of the molecule is CC(NC1CCCC(C(F)(F)F)C1)c1ccc2c(c1)OCCO2. The Hall–Kier alpha value is -1.43. The first-order valence-corrected chi connectivity index (χ1v) is 8.16. The molecule has 1 fully saturated rings. The number of rotatable bonds is 3. The standard InChI is InChI=1S/C17H22F3NO2/c1-11(12-5-6-15-16(9-12)23-8-7-22-15)21-14-4-2-3-13(10-14)17(18,19)20/h5-6,9,11,13-14,21H,2-4,7-8,10H2,1H3. The molecule has 0 aromatic heterocycles. The van der Waals surface area contributed by atoms with E-state index in [9.17, 15) is 13.2 Å². The maximum Gasteiger partial charge on any atom is 0.391 e. The Morgan fingerprint density at radius 2 is 1.87 bits per heavy atom. The highest BCUT2D eigenvalue weighted by Gasteiger charge is 2.42. The maximum absolute atomic E-state index is 12.9. The molecule has 6 heteroatoms. The van der Waals surface area contributed by atoms with E-state index in [0.29, 0.717) is 25.4 Å². The Morgan fingerprint density at radius 3 is 2.61 bits per heavy atom. The lowest BCUT2D eigenvalue weighted by Gasteiger charge is -2.33. The molecule has 0 amide bonds. The highest BCUT2D eigenvalue weighted by Crippen LogP contribution is 2.38. The van der Waals surface area contributed by atoms with E-state index in [4.69, 9.17) is 9.47 Å². The van der Waals surface area contributed by atoms with Gasteiger partial charge in [-0.25, -0.2) is 0 Å². The lowest BCUT2D eigenvalue weighted by atomic mass is 9.84. The van der Waals surface area contributed by atoms with Crippen molar-refractivity contribution < 1.29 is 22.6 Å². The highest BCUT2D eigenvalue weighted by atomic mass is 19.4. The minimum absolute atomic E-state index is 0.0252. The Balaban J connectivity index is 1.63. The quantitative estimate of drug-likeness (QED) is 0.900. The van der Waals surface area contributed by atoms with Crippen molar-refractivity contribution in [2.45, 2.75) is 50.9 Å². The van der Waals surface area contributed by atoms with Crippen LogP contribution in [0.5, 0.6) is 11.5 Å². The fourth-order valence-corrected chi connectivity index (χ4v) is 3.42. The summed E-state index contributed by atoms with van der Waals surface area (Å²) in [5.41, 5.74) is 1.00. The van der Waals surface area contributed by atoms with Crippen LogP contribution in [0.15, 0.2) is 18.2 Å². The van der Waals surface area contributed by atoms with E-state index >= 15 is 0 Å². The first-order chi connectivity index (χ1) is 10.9. The summed E-state index contributed by atoms with van der Waals surface area (Å²) in [4.78, 5) is 0. The molecule has 3 atom stereocenters. The fraction of sp³-hybridized carbons (Fsp3) is 0.647. The van der Waals surface area contributed by atoms with E-state index in [1.54, 1.807) is 0 Å². The fourth-order valence-electron chi connectivity index (χ4n) is 3.42. The van der Waals surface area contributed by atoms with E-state index < -0.39 is 12.1 Å². The van der Waals surface area contributed by atoms with E-state index in [1.165, 1.54) is 0 Å². The second-order valence-electron chi connectivity index (χ2n) is 6.39. The zero-order valence-corrected chi connectivity index (χ0v) is 13.2. The number of ether oxygens (including phenoxy) is 2. The molecule has 0 bridgehead atoms. The average Bonchev–Trinajstić information content (AvgIpc) is 2.54. The molecule has 0 spiro atoms. The van der Waals surface area contributed by atoms with Gasteiger partial charge in [-0.2, -0.15) is 13.2 Å². The van der Waals surface area contributed by atoms with Crippen LogP contribution >= 0.6 is 0 Å². The van der Waals surface area contributed by atoms with Crippen molar-refractivity contribution in [2.24, 2.45) is 5.92 Å². The second-order valence-corrected chi connectivity index (χ2v) is 6.39. The predicted molar refractivity (Wildman–Crippen MR) is 80.8 cm³/mol. The zero-order valence-electron chi connectivity index (χ0n) is 13.2. The third-order valence-electron chi connectivity index (χ3n) is 4.69. The van der Waals surface area contributed by atoms with Crippen LogP contribution in [-0.2, 0) is 0 Å². The topological polar surface area (TPSA) is 30.5 Å². The van der Waals surface area contributed by atoms with E-state index in [-0.39, 0.29) is 24.9 Å².